The molecule has 0 aliphatic carbocycles. The van der Waals surface area contributed by atoms with Gasteiger partial charge in [0, 0.05) is 18.2 Å². The average Bonchev–Trinajstić information content (AvgIpc) is 2.44. The van der Waals surface area contributed by atoms with Gasteiger partial charge in [0.05, 0.1) is 20.1 Å². The molecule has 0 bridgehead atoms. The second-order valence-corrected chi connectivity index (χ2v) is 5.52. The summed E-state index contributed by atoms with van der Waals surface area (Å²) in [5.41, 5.74) is 1.77. The predicted molar refractivity (Wildman–Crippen MR) is 84.3 cm³/mol. The Labute approximate surface area is 130 Å². The molecule has 0 spiro atoms. The van der Waals surface area contributed by atoms with E-state index < -0.39 is 4.92 Å². The zero-order valence-electron chi connectivity index (χ0n) is 10.6. The van der Waals surface area contributed by atoms with Crippen LogP contribution < -0.4 is 5.32 Å². The van der Waals surface area contributed by atoms with Crippen LogP contribution in [0.4, 0.5) is 11.4 Å². The van der Waals surface area contributed by atoms with Gasteiger partial charge >= 0.3 is 0 Å². The number of non-ortho nitro benzene ring substituents is 1. The van der Waals surface area contributed by atoms with Crippen LogP contribution in [0, 0.1) is 10.1 Å². The van der Waals surface area contributed by atoms with Crippen molar-refractivity contribution in [3.05, 3.63) is 67.6 Å². The van der Waals surface area contributed by atoms with Crippen LogP contribution in [0.2, 0.25) is 5.02 Å². The number of nitrogens with one attached hydrogen (secondary N) is 1. The van der Waals surface area contributed by atoms with Gasteiger partial charge in [-0.05, 0) is 40.5 Å². The molecule has 4 nitrogen and oxygen atoms in total. The van der Waals surface area contributed by atoms with Crippen molar-refractivity contribution in [2.75, 3.05) is 5.32 Å². The highest BCUT2D eigenvalue weighted by atomic mass is 79.9. The molecule has 2 aromatic rings. The molecule has 2 aromatic carbocycles. The minimum absolute atomic E-state index is 0.0790. The Hall–Kier alpha value is -1.59. The van der Waals surface area contributed by atoms with E-state index in [0.717, 1.165) is 15.7 Å². The van der Waals surface area contributed by atoms with E-state index in [0.29, 0.717) is 5.02 Å². The Bertz CT molecular complexity index is 649. The third-order valence-corrected chi connectivity index (χ3v) is 4.30. The van der Waals surface area contributed by atoms with Crippen LogP contribution in [-0.2, 0) is 0 Å². The summed E-state index contributed by atoms with van der Waals surface area (Å²) in [6, 6.07) is 12.0. The van der Waals surface area contributed by atoms with Gasteiger partial charge < -0.3 is 5.32 Å². The molecule has 0 aliphatic rings. The summed E-state index contributed by atoms with van der Waals surface area (Å²) in [4.78, 5) is 10.4. The van der Waals surface area contributed by atoms with Gasteiger partial charge in [0.15, 0.2) is 0 Å². The van der Waals surface area contributed by atoms with Gasteiger partial charge in [0.1, 0.15) is 0 Å². The van der Waals surface area contributed by atoms with Crippen molar-refractivity contribution in [3.63, 3.8) is 0 Å². The van der Waals surface area contributed by atoms with Gasteiger partial charge in [0.2, 0.25) is 0 Å². The SMILES string of the molecule is CC(Nc1cccc(Cl)c1Br)c1cccc([N+](=O)[O-])c1. The maximum absolute atomic E-state index is 10.8. The molecule has 2 rings (SSSR count). The van der Waals surface area contributed by atoms with E-state index in [1.54, 1.807) is 18.2 Å². The van der Waals surface area contributed by atoms with E-state index in [-0.39, 0.29) is 11.7 Å². The third-order valence-electron chi connectivity index (χ3n) is 2.90. The van der Waals surface area contributed by atoms with E-state index in [1.807, 2.05) is 25.1 Å². The second-order valence-electron chi connectivity index (χ2n) is 4.32. The lowest BCUT2D eigenvalue weighted by Crippen LogP contribution is -2.07. The lowest BCUT2D eigenvalue weighted by Gasteiger charge is -2.17. The van der Waals surface area contributed by atoms with Crippen molar-refractivity contribution in [2.24, 2.45) is 0 Å². The van der Waals surface area contributed by atoms with Crippen LogP contribution in [0.15, 0.2) is 46.9 Å². The first-order valence-corrected chi connectivity index (χ1v) is 7.11. The maximum Gasteiger partial charge on any atom is 0.269 e. The van der Waals surface area contributed by atoms with Crippen LogP contribution in [0.3, 0.4) is 0 Å². The number of nitrogens with zero attached hydrogens (tertiary/aromatic N) is 1. The Morgan fingerprint density at radius 2 is 2.00 bits per heavy atom. The van der Waals surface area contributed by atoms with Crippen molar-refractivity contribution in [2.45, 2.75) is 13.0 Å². The number of nitro benzene ring substituents is 1. The zero-order chi connectivity index (χ0) is 14.7. The molecular weight excluding hydrogens is 344 g/mol. The molecule has 0 heterocycles. The minimum Gasteiger partial charge on any atom is -0.378 e. The largest absolute Gasteiger partial charge is 0.378 e. The van der Waals surface area contributed by atoms with Crippen molar-refractivity contribution in [1.29, 1.82) is 0 Å². The Kier molecular flexibility index (Phi) is 4.62. The van der Waals surface area contributed by atoms with E-state index >= 15 is 0 Å². The second kappa shape index (κ2) is 6.24. The first-order chi connectivity index (χ1) is 9.49. The maximum atomic E-state index is 10.8. The van der Waals surface area contributed by atoms with Crippen LogP contribution in [0.5, 0.6) is 0 Å². The molecule has 0 amide bonds. The first-order valence-electron chi connectivity index (χ1n) is 5.94. The number of hydrogen-bond acceptors (Lipinski definition) is 3. The fourth-order valence-corrected chi connectivity index (χ4v) is 2.39. The molecule has 20 heavy (non-hydrogen) atoms. The molecular formula is C14H12BrClN2O2. The van der Waals surface area contributed by atoms with Crippen LogP contribution in [0.25, 0.3) is 0 Å². The number of rotatable bonds is 4. The number of halogens is 2. The molecule has 0 fully saturated rings. The fraction of sp³-hybridized carbons (Fsp3) is 0.143. The summed E-state index contributed by atoms with van der Waals surface area (Å²) in [6.45, 7) is 1.94. The quantitative estimate of drug-likeness (QED) is 0.607. The van der Waals surface area contributed by atoms with Crippen LogP contribution >= 0.6 is 27.5 Å². The highest BCUT2D eigenvalue weighted by Crippen LogP contribution is 2.32. The number of benzene rings is 2. The number of hydrogen-bond donors (Lipinski definition) is 1. The first kappa shape index (κ1) is 14.8. The molecule has 1 unspecified atom stereocenters. The average molecular weight is 356 g/mol. The van der Waals surface area contributed by atoms with Gasteiger partial charge in [-0.15, -0.1) is 0 Å². The summed E-state index contributed by atoms with van der Waals surface area (Å²) >= 11 is 9.45. The lowest BCUT2D eigenvalue weighted by atomic mass is 10.1. The highest BCUT2D eigenvalue weighted by molar-refractivity contribution is 9.10. The summed E-state index contributed by atoms with van der Waals surface area (Å²) in [5, 5.41) is 14.7. The smallest absolute Gasteiger partial charge is 0.269 e. The molecule has 6 heteroatoms. The van der Waals surface area contributed by atoms with Gasteiger partial charge in [0.25, 0.3) is 5.69 Å². The van der Waals surface area contributed by atoms with E-state index in [9.17, 15) is 10.1 Å². The fourth-order valence-electron chi connectivity index (χ4n) is 1.84. The van der Waals surface area contributed by atoms with Crippen molar-refractivity contribution < 1.29 is 4.92 Å². The van der Waals surface area contributed by atoms with Gasteiger partial charge in [-0.1, -0.05) is 29.8 Å². The van der Waals surface area contributed by atoms with Gasteiger partial charge in [-0.25, -0.2) is 0 Å². The van der Waals surface area contributed by atoms with Crippen LogP contribution in [0.1, 0.15) is 18.5 Å². The normalized spacial score (nSPS) is 11.9. The van der Waals surface area contributed by atoms with E-state index in [4.69, 9.17) is 11.6 Å². The standard InChI is InChI=1S/C14H12BrClN2O2/c1-9(10-4-2-5-11(8-10)18(19)20)17-13-7-3-6-12(16)14(13)15/h2-9,17H,1H3. The van der Waals surface area contributed by atoms with Crippen molar-refractivity contribution in [3.8, 4) is 0 Å². The highest BCUT2D eigenvalue weighted by Gasteiger charge is 2.12. The Balaban J connectivity index is 2.24. The topological polar surface area (TPSA) is 55.2 Å². The van der Waals surface area contributed by atoms with Gasteiger partial charge in [-0.2, -0.15) is 0 Å². The van der Waals surface area contributed by atoms with E-state index in [2.05, 4.69) is 21.2 Å². The summed E-state index contributed by atoms with van der Waals surface area (Å²) in [7, 11) is 0. The van der Waals surface area contributed by atoms with Crippen LogP contribution in [-0.4, -0.2) is 4.92 Å². The molecule has 1 atom stereocenters. The van der Waals surface area contributed by atoms with Gasteiger partial charge in [-0.3, -0.25) is 10.1 Å². The molecule has 104 valence electrons. The Morgan fingerprint density at radius 3 is 2.70 bits per heavy atom. The molecule has 0 saturated carbocycles. The lowest BCUT2D eigenvalue weighted by molar-refractivity contribution is -0.384. The number of nitro groups is 1. The predicted octanol–water partition coefficient (Wildman–Crippen LogP) is 5.18. The summed E-state index contributed by atoms with van der Waals surface area (Å²) < 4.78 is 0.777. The number of anilines is 1. The van der Waals surface area contributed by atoms with Crippen molar-refractivity contribution in [1.82, 2.24) is 0 Å². The molecule has 1 N–H and O–H groups in total. The monoisotopic (exact) mass is 354 g/mol. The Morgan fingerprint density at radius 1 is 1.30 bits per heavy atom. The zero-order valence-corrected chi connectivity index (χ0v) is 13.0. The third kappa shape index (κ3) is 3.29. The summed E-state index contributed by atoms with van der Waals surface area (Å²) in [6.07, 6.45) is 0. The summed E-state index contributed by atoms with van der Waals surface area (Å²) in [5.74, 6) is 0. The molecule has 0 saturated heterocycles. The van der Waals surface area contributed by atoms with E-state index in [1.165, 1.54) is 6.07 Å². The molecule has 0 radical (unpaired) electrons. The minimum atomic E-state index is -0.397. The van der Waals surface area contributed by atoms with Crippen molar-refractivity contribution >= 4 is 38.9 Å². The molecule has 0 aliphatic heterocycles. The molecule has 0 aromatic heterocycles.